The van der Waals surface area contributed by atoms with E-state index in [1.807, 2.05) is 0 Å². The second-order valence-electron chi connectivity index (χ2n) is 5.16. The number of benzene rings is 1. The monoisotopic (exact) mass is 442 g/mol. The molecule has 2 heterocycles. The number of nitrogens with one attached hydrogen (secondary N) is 1. The molecule has 3 rings (SSSR count). The van der Waals surface area contributed by atoms with Gasteiger partial charge in [-0.2, -0.15) is 0 Å². The molecule has 0 spiro atoms. The van der Waals surface area contributed by atoms with Crippen molar-refractivity contribution in [3.8, 4) is 11.4 Å². The molecule has 2 aromatic heterocycles. The van der Waals surface area contributed by atoms with E-state index in [4.69, 9.17) is 34.8 Å². The third-order valence-electron chi connectivity index (χ3n) is 3.35. The second-order valence-corrected chi connectivity index (χ2v) is 7.87. The van der Waals surface area contributed by atoms with Crippen LogP contribution in [0.1, 0.15) is 10.4 Å². The highest BCUT2D eigenvalue weighted by Gasteiger charge is 2.17. The number of nitrogens with two attached hydrogens (primary N) is 2. The van der Waals surface area contributed by atoms with Crippen molar-refractivity contribution in [2.75, 3.05) is 16.9 Å². The Morgan fingerprint density at radius 2 is 2.04 bits per heavy atom. The van der Waals surface area contributed by atoms with E-state index >= 15 is 0 Å². The van der Waals surface area contributed by atoms with Gasteiger partial charge < -0.3 is 16.9 Å². The number of primary amides is 1. The first-order valence-electron chi connectivity index (χ1n) is 7.32. The number of carbonyl (C=O) groups is 2. The average Bonchev–Trinajstić information content (AvgIpc) is 3.22. The third kappa shape index (κ3) is 4.35. The van der Waals surface area contributed by atoms with E-state index in [0.717, 1.165) is 11.8 Å². The number of thiophene rings is 1. The molecule has 0 bridgehead atoms. The number of nitrogen functional groups attached to an aromatic ring is 1. The molecular weight excluding hydrogens is 431 g/mol. The quantitative estimate of drug-likeness (QED) is 0.397. The van der Waals surface area contributed by atoms with E-state index in [0.29, 0.717) is 31.6 Å². The molecule has 2 amide bonds. The molecule has 0 aliphatic heterocycles. The van der Waals surface area contributed by atoms with Crippen LogP contribution in [0, 0.1) is 0 Å². The summed E-state index contributed by atoms with van der Waals surface area (Å²) in [5, 5.41) is 13.9. The highest BCUT2D eigenvalue weighted by Crippen LogP contribution is 2.30. The van der Waals surface area contributed by atoms with Crippen molar-refractivity contribution in [1.29, 1.82) is 0 Å². The van der Waals surface area contributed by atoms with Crippen LogP contribution < -0.4 is 16.9 Å². The zero-order chi connectivity index (χ0) is 19.6. The summed E-state index contributed by atoms with van der Waals surface area (Å²) < 4.78 is 1.23. The Kier molecular flexibility index (Phi) is 5.90. The number of carbonyl (C=O) groups excluding carboxylic acids is 2. The van der Waals surface area contributed by atoms with Gasteiger partial charge in [-0.15, -0.1) is 21.5 Å². The van der Waals surface area contributed by atoms with Gasteiger partial charge in [-0.25, -0.2) is 4.68 Å². The molecule has 8 nitrogen and oxygen atoms in total. The fourth-order valence-electron chi connectivity index (χ4n) is 2.12. The zero-order valence-electron chi connectivity index (χ0n) is 13.5. The SMILES string of the molecule is NC(=O)c1ccsc1NC(=O)CSc1nnc(-c2cc(Cl)ccc2Cl)n1N. The Bertz CT molecular complexity index is 1020. The summed E-state index contributed by atoms with van der Waals surface area (Å²) in [6.45, 7) is 0. The van der Waals surface area contributed by atoms with E-state index in [1.54, 1.807) is 29.6 Å². The van der Waals surface area contributed by atoms with Crippen LogP contribution in [0.4, 0.5) is 5.00 Å². The van der Waals surface area contributed by atoms with Crippen molar-refractivity contribution in [3.05, 3.63) is 45.3 Å². The first-order chi connectivity index (χ1) is 12.9. The number of aromatic nitrogens is 3. The van der Waals surface area contributed by atoms with Crippen molar-refractivity contribution in [2.45, 2.75) is 5.16 Å². The average molecular weight is 443 g/mol. The van der Waals surface area contributed by atoms with Crippen LogP contribution in [0.25, 0.3) is 11.4 Å². The lowest BCUT2D eigenvalue weighted by molar-refractivity contribution is -0.113. The van der Waals surface area contributed by atoms with Gasteiger partial charge in [-0.05, 0) is 29.6 Å². The van der Waals surface area contributed by atoms with Gasteiger partial charge in [-0.1, -0.05) is 35.0 Å². The number of hydrogen-bond donors (Lipinski definition) is 3. The summed E-state index contributed by atoms with van der Waals surface area (Å²) in [4.78, 5) is 23.4. The Hall–Kier alpha value is -2.27. The van der Waals surface area contributed by atoms with Crippen molar-refractivity contribution in [2.24, 2.45) is 5.73 Å². The summed E-state index contributed by atoms with van der Waals surface area (Å²) in [7, 11) is 0. The highest BCUT2D eigenvalue weighted by atomic mass is 35.5. The molecule has 0 aliphatic rings. The largest absolute Gasteiger partial charge is 0.366 e. The molecule has 1 aromatic carbocycles. The van der Waals surface area contributed by atoms with Crippen molar-refractivity contribution >= 4 is 63.1 Å². The maximum absolute atomic E-state index is 12.1. The molecule has 0 aliphatic carbocycles. The number of rotatable bonds is 6. The Labute approximate surface area is 171 Å². The number of hydrogen-bond acceptors (Lipinski definition) is 7. The second kappa shape index (κ2) is 8.17. The highest BCUT2D eigenvalue weighted by molar-refractivity contribution is 7.99. The molecule has 12 heteroatoms. The van der Waals surface area contributed by atoms with Gasteiger partial charge in [0, 0.05) is 10.6 Å². The van der Waals surface area contributed by atoms with Gasteiger partial charge in [-0.3, -0.25) is 9.59 Å². The summed E-state index contributed by atoms with van der Waals surface area (Å²) in [6.07, 6.45) is 0. The van der Waals surface area contributed by atoms with E-state index in [-0.39, 0.29) is 17.2 Å². The summed E-state index contributed by atoms with van der Waals surface area (Å²) in [5.41, 5.74) is 6.04. The number of nitrogens with zero attached hydrogens (tertiary/aromatic N) is 3. The molecule has 0 unspecified atom stereocenters. The van der Waals surface area contributed by atoms with E-state index in [1.165, 1.54) is 16.0 Å². The molecule has 0 fully saturated rings. The molecule has 0 saturated carbocycles. The van der Waals surface area contributed by atoms with Gasteiger partial charge in [0.25, 0.3) is 5.91 Å². The van der Waals surface area contributed by atoms with Crippen LogP contribution >= 0.6 is 46.3 Å². The van der Waals surface area contributed by atoms with Gasteiger partial charge in [0.2, 0.25) is 11.1 Å². The van der Waals surface area contributed by atoms with Crippen molar-refractivity contribution in [3.63, 3.8) is 0 Å². The van der Waals surface area contributed by atoms with Crippen molar-refractivity contribution in [1.82, 2.24) is 14.9 Å². The number of thioether (sulfide) groups is 1. The molecule has 27 heavy (non-hydrogen) atoms. The minimum absolute atomic E-state index is 0.00864. The molecule has 0 atom stereocenters. The van der Waals surface area contributed by atoms with E-state index in [2.05, 4.69) is 15.5 Å². The van der Waals surface area contributed by atoms with E-state index < -0.39 is 5.91 Å². The van der Waals surface area contributed by atoms with Crippen LogP contribution in [0.5, 0.6) is 0 Å². The lowest BCUT2D eigenvalue weighted by Gasteiger charge is -2.06. The molecule has 0 saturated heterocycles. The topological polar surface area (TPSA) is 129 Å². The van der Waals surface area contributed by atoms with Gasteiger partial charge in [0.15, 0.2) is 5.82 Å². The maximum Gasteiger partial charge on any atom is 0.251 e. The van der Waals surface area contributed by atoms with Crippen LogP contribution in [0.15, 0.2) is 34.8 Å². The van der Waals surface area contributed by atoms with Gasteiger partial charge in [0.05, 0.1) is 16.3 Å². The first-order valence-corrected chi connectivity index (χ1v) is 9.94. The van der Waals surface area contributed by atoms with Gasteiger partial charge in [0.1, 0.15) is 5.00 Å². The fraction of sp³-hybridized carbons (Fsp3) is 0.0667. The molecule has 3 aromatic rings. The summed E-state index contributed by atoms with van der Waals surface area (Å²) in [5.74, 6) is 5.40. The van der Waals surface area contributed by atoms with Gasteiger partial charge >= 0.3 is 0 Å². The molecular formula is C15H12Cl2N6O2S2. The van der Waals surface area contributed by atoms with Crippen LogP contribution in [-0.2, 0) is 4.79 Å². The summed E-state index contributed by atoms with van der Waals surface area (Å²) in [6, 6.07) is 6.45. The van der Waals surface area contributed by atoms with Crippen LogP contribution in [0.3, 0.4) is 0 Å². The predicted octanol–water partition coefficient (Wildman–Crippen LogP) is 2.86. The molecule has 140 valence electrons. The lowest BCUT2D eigenvalue weighted by atomic mass is 10.2. The minimum atomic E-state index is -0.607. The Morgan fingerprint density at radius 3 is 2.78 bits per heavy atom. The van der Waals surface area contributed by atoms with Crippen molar-refractivity contribution < 1.29 is 9.59 Å². The van der Waals surface area contributed by atoms with Crippen LogP contribution in [-0.4, -0.2) is 32.4 Å². The number of amides is 2. The normalized spacial score (nSPS) is 10.7. The maximum atomic E-state index is 12.1. The van der Waals surface area contributed by atoms with Crippen LogP contribution in [0.2, 0.25) is 10.0 Å². The fourth-order valence-corrected chi connectivity index (χ4v) is 3.96. The number of anilines is 1. The Balaban J connectivity index is 1.69. The summed E-state index contributed by atoms with van der Waals surface area (Å²) >= 11 is 14.4. The first kappa shape index (κ1) is 19.5. The third-order valence-corrected chi connectivity index (χ3v) is 5.69. The lowest BCUT2D eigenvalue weighted by Crippen LogP contribution is -2.18. The molecule has 5 N–H and O–H groups in total. The number of halogens is 2. The minimum Gasteiger partial charge on any atom is -0.366 e. The standard InChI is InChI=1S/C15H12Cl2N6O2S2/c16-7-1-2-10(17)9(5-7)13-21-22-15(23(13)19)27-6-11(24)20-14-8(12(18)25)3-4-26-14/h1-5H,6,19H2,(H2,18,25)(H,20,24). The predicted molar refractivity (Wildman–Crippen MR) is 108 cm³/mol. The van der Waals surface area contributed by atoms with E-state index in [9.17, 15) is 9.59 Å². The molecule has 0 radical (unpaired) electrons. The Morgan fingerprint density at radius 1 is 1.26 bits per heavy atom. The zero-order valence-corrected chi connectivity index (χ0v) is 16.6. The smallest absolute Gasteiger partial charge is 0.251 e.